The predicted octanol–water partition coefficient (Wildman–Crippen LogP) is 0.416. The minimum Gasteiger partial charge on any atom is -0.394 e. The Balaban J connectivity index is 1.82. The van der Waals surface area contributed by atoms with Gasteiger partial charge < -0.3 is 30.4 Å². The monoisotopic (exact) mass is 362 g/mol. The predicted molar refractivity (Wildman–Crippen MR) is 93.2 cm³/mol. The topological polar surface area (TPSA) is 130 Å². The van der Waals surface area contributed by atoms with Gasteiger partial charge in [0.05, 0.1) is 6.61 Å². The molecule has 0 saturated carbocycles. The molecular formula is C16H22N6O4. The van der Waals surface area contributed by atoms with E-state index in [1.54, 1.807) is 10.6 Å². The van der Waals surface area contributed by atoms with Gasteiger partial charge in [-0.1, -0.05) is 6.08 Å². The number of aliphatic hydroxyl groups is 1. The molecule has 2 fully saturated rings. The maximum atomic E-state index is 9.71. The molecule has 2 aliphatic heterocycles. The van der Waals surface area contributed by atoms with E-state index in [4.69, 9.17) is 19.9 Å². The van der Waals surface area contributed by atoms with Crippen LogP contribution in [0.1, 0.15) is 20.1 Å². The second kappa shape index (κ2) is 6.16. The number of aromatic nitrogens is 4. The fourth-order valence-electron chi connectivity index (χ4n) is 3.47. The van der Waals surface area contributed by atoms with Crippen LogP contribution in [0, 0.1) is 0 Å². The molecule has 0 radical (unpaired) electrons. The molecule has 2 aliphatic rings. The lowest BCUT2D eigenvalue weighted by Gasteiger charge is -2.25. The Bertz CT molecular complexity index is 837. The van der Waals surface area contributed by atoms with E-state index in [2.05, 4.69) is 26.8 Å². The highest BCUT2D eigenvalue weighted by atomic mass is 16.8. The first-order valence-electron chi connectivity index (χ1n) is 8.40. The fourth-order valence-corrected chi connectivity index (χ4v) is 3.47. The Morgan fingerprint density at radius 3 is 2.88 bits per heavy atom. The number of nitrogens with two attached hydrogens (primary N) is 1. The number of hydrogen-bond donors (Lipinski definition) is 3. The third-order valence-corrected chi connectivity index (χ3v) is 4.47. The van der Waals surface area contributed by atoms with E-state index in [1.807, 2.05) is 13.8 Å². The molecule has 0 aromatic carbocycles. The van der Waals surface area contributed by atoms with Gasteiger partial charge in [-0.3, -0.25) is 4.57 Å². The Morgan fingerprint density at radius 1 is 1.38 bits per heavy atom. The molecule has 0 amide bonds. The van der Waals surface area contributed by atoms with Crippen LogP contribution in [0.2, 0.25) is 0 Å². The second-order valence-corrected chi connectivity index (χ2v) is 6.72. The Kier molecular flexibility index (Phi) is 4.07. The van der Waals surface area contributed by atoms with Crippen molar-refractivity contribution in [1.82, 2.24) is 19.5 Å². The van der Waals surface area contributed by atoms with Crippen LogP contribution >= 0.6 is 0 Å². The molecule has 4 atom stereocenters. The molecule has 10 nitrogen and oxygen atoms in total. The van der Waals surface area contributed by atoms with E-state index < -0.39 is 30.3 Å². The van der Waals surface area contributed by atoms with E-state index in [9.17, 15) is 5.11 Å². The highest BCUT2D eigenvalue weighted by Gasteiger charge is 2.56. The van der Waals surface area contributed by atoms with Crippen molar-refractivity contribution in [2.45, 2.75) is 44.2 Å². The molecule has 2 aromatic heterocycles. The number of aliphatic hydroxyl groups excluding tert-OH is 1. The minimum absolute atomic E-state index is 0.184. The Hall–Kier alpha value is -2.27. The molecule has 4 unspecified atom stereocenters. The van der Waals surface area contributed by atoms with Crippen LogP contribution in [0.3, 0.4) is 0 Å². The van der Waals surface area contributed by atoms with Gasteiger partial charge in [-0.05, 0) is 13.8 Å². The first-order valence-corrected chi connectivity index (χ1v) is 8.40. The van der Waals surface area contributed by atoms with Crippen LogP contribution in [-0.4, -0.2) is 61.9 Å². The standard InChI is InChI=1S/C16H22N6O4/c1-4-5-18-15-21-9-12(17)19-7-20-13(9)22(15)14-11-10(8(6-23)24-14)25-16(2,3)26-11/h4,7-8,10-11,14,23H,1,5-6H2,2-3H3,(H,18,21)(H2,17,19,20). The normalized spacial score (nSPS) is 29.8. The van der Waals surface area contributed by atoms with Crippen molar-refractivity contribution in [3.8, 4) is 0 Å². The average Bonchev–Trinajstić information content (AvgIpc) is 3.21. The number of anilines is 2. The van der Waals surface area contributed by atoms with Crippen molar-refractivity contribution in [3.05, 3.63) is 19.0 Å². The van der Waals surface area contributed by atoms with E-state index >= 15 is 0 Å². The SMILES string of the molecule is C=CCNc1nc2c(N)ncnc2n1C1OC(CO)C2OC(C)(C)OC21. The van der Waals surface area contributed by atoms with Gasteiger partial charge in [0.15, 0.2) is 29.0 Å². The average molecular weight is 362 g/mol. The minimum atomic E-state index is -0.774. The number of nitrogen functional groups attached to an aromatic ring is 1. The summed E-state index contributed by atoms with van der Waals surface area (Å²) in [4.78, 5) is 12.8. The molecule has 140 valence electrons. The van der Waals surface area contributed by atoms with E-state index in [0.29, 0.717) is 23.7 Å². The van der Waals surface area contributed by atoms with Crippen molar-refractivity contribution in [2.75, 3.05) is 24.2 Å². The Labute approximate surface area is 150 Å². The molecular weight excluding hydrogens is 340 g/mol. The summed E-state index contributed by atoms with van der Waals surface area (Å²) >= 11 is 0. The van der Waals surface area contributed by atoms with Gasteiger partial charge in [-0.2, -0.15) is 0 Å². The van der Waals surface area contributed by atoms with E-state index in [1.165, 1.54) is 6.33 Å². The molecule has 0 spiro atoms. The number of hydrogen-bond acceptors (Lipinski definition) is 9. The molecule has 0 bridgehead atoms. The van der Waals surface area contributed by atoms with E-state index in [-0.39, 0.29) is 12.4 Å². The molecule has 26 heavy (non-hydrogen) atoms. The third kappa shape index (κ3) is 2.62. The van der Waals surface area contributed by atoms with Crippen LogP contribution < -0.4 is 11.1 Å². The van der Waals surface area contributed by atoms with Crippen molar-refractivity contribution in [3.63, 3.8) is 0 Å². The number of imidazole rings is 1. The number of fused-ring (bicyclic) bond motifs is 2. The highest BCUT2D eigenvalue weighted by molar-refractivity contribution is 5.84. The first-order chi connectivity index (χ1) is 12.4. The summed E-state index contributed by atoms with van der Waals surface area (Å²) in [5.41, 5.74) is 6.93. The maximum absolute atomic E-state index is 9.71. The molecule has 2 aromatic rings. The van der Waals surface area contributed by atoms with Crippen molar-refractivity contribution >= 4 is 22.9 Å². The lowest BCUT2D eigenvalue weighted by Crippen LogP contribution is -2.31. The number of nitrogens with one attached hydrogen (secondary N) is 1. The van der Waals surface area contributed by atoms with Gasteiger partial charge in [0.2, 0.25) is 5.95 Å². The van der Waals surface area contributed by atoms with Crippen LogP contribution in [0.15, 0.2) is 19.0 Å². The van der Waals surface area contributed by atoms with Crippen LogP contribution in [-0.2, 0) is 14.2 Å². The molecule has 2 saturated heterocycles. The zero-order valence-electron chi connectivity index (χ0n) is 14.6. The zero-order chi connectivity index (χ0) is 18.5. The summed E-state index contributed by atoms with van der Waals surface area (Å²) in [7, 11) is 0. The summed E-state index contributed by atoms with van der Waals surface area (Å²) in [5, 5.41) is 12.9. The number of nitrogens with zero attached hydrogens (tertiary/aromatic N) is 4. The quantitative estimate of drug-likeness (QED) is 0.648. The highest BCUT2D eigenvalue weighted by Crippen LogP contribution is 2.44. The zero-order valence-corrected chi connectivity index (χ0v) is 14.6. The molecule has 4 heterocycles. The second-order valence-electron chi connectivity index (χ2n) is 6.72. The van der Waals surface area contributed by atoms with Gasteiger partial charge >= 0.3 is 0 Å². The van der Waals surface area contributed by atoms with Crippen LogP contribution in [0.25, 0.3) is 11.2 Å². The van der Waals surface area contributed by atoms with Crippen molar-refractivity contribution in [1.29, 1.82) is 0 Å². The lowest BCUT2D eigenvalue weighted by atomic mass is 10.1. The van der Waals surface area contributed by atoms with Gasteiger partial charge in [-0.15, -0.1) is 6.58 Å². The lowest BCUT2D eigenvalue weighted by molar-refractivity contribution is -0.199. The Morgan fingerprint density at radius 2 is 2.15 bits per heavy atom. The summed E-state index contributed by atoms with van der Waals surface area (Å²) in [6.45, 7) is 7.68. The van der Waals surface area contributed by atoms with Gasteiger partial charge in [0.1, 0.15) is 24.6 Å². The van der Waals surface area contributed by atoms with Gasteiger partial charge in [0, 0.05) is 6.54 Å². The van der Waals surface area contributed by atoms with Gasteiger partial charge in [0.25, 0.3) is 0 Å². The summed E-state index contributed by atoms with van der Waals surface area (Å²) in [5.74, 6) is -0.000472. The number of ether oxygens (including phenoxy) is 3. The summed E-state index contributed by atoms with van der Waals surface area (Å²) < 4.78 is 19.8. The van der Waals surface area contributed by atoms with Crippen molar-refractivity contribution in [2.24, 2.45) is 0 Å². The molecule has 10 heteroatoms. The third-order valence-electron chi connectivity index (χ3n) is 4.47. The first kappa shape index (κ1) is 17.2. The molecule has 0 aliphatic carbocycles. The molecule has 4 N–H and O–H groups in total. The van der Waals surface area contributed by atoms with Crippen LogP contribution in [0.4, 0.5) is 11.8 Å². The smallest absolute Gasteiger partial charge is 0.207 e. The van der Waals surface area contributed by atoms with Crippen LogP contribution in [0.5, 0.6) is 0 Å². The number of rotatable bonds is 5. The van der Waals surface area contributed by atoms with Gasteiger partial charge in [-0.25, -0.2) is 15.0 Å². The summed E-state index contributed by atoms with van der Waals surface area (Å²) in [6.07, 6.45) is 1.15. The van der Waals surface area contributed by atoms with E-state index in [0.717, 1.165) is 0 Å². The van der Waals surface area contributed by atoms with Crippen molar-refractivity contribution < 1.29 is 19.3 Å². The summed E-state index contributed by atoms with van der Waals surface area (Å²) in [6, 6.07) is 0. The largest absolute Gasteiger partial charge is 0.394 e. The maximum Gasteiger partial charge on any atom is 0.207 e. The molecule has 4 rings (SSSR count). The fraction of sp³-hybridized carbons (Fsp3) is 0.562.